The van der Waals surface area contributed by atoms with Crippen molar-refractivity contribution in [3.05, 3.63) is 59.5 Å². The third kappa shape index (κ3) is 3.48. The highest BCUT2D eigenvalue weighted by Crippen LogP contribution is 2.38. The molecule has 0 aromatic heterocycles. The average molecular weight is 437 g/mol. The van der Waals surface area contributed by atoms with Crippen molar-refractivity contribution in [1.29, 1.82) is 0 Å². The number of phenolic OH excluding ortho intramolecular Hbond substituents is 2. The Morgan fingerprint density at radius 3 is 2.33 bits per heavy atom. The smallest absolute Gasteiger partial charge is 0.312 e. The van der Waals surface area contributed by atoms with E-state index in [1.807, 2.05) is 0 Å². The van der Waals surface area contributed by atoms with Crippen LogP contribution in [0.1, 0.15) is 11.1 Å². The monoisotopic (exact) mass is 435 g/mol. The summed E-state index contributed by atoms with van der Waals surface area (Å²) in [5.41, 5.74) is 0.281. The van der Waals surface area contributed by atoms with Crippen molar-refractivity contribution in [2.75, 3.05) is 0 Å². The molecule has 2 aromatic rings. The van der Waals surface area contributed by atoms with Crippen molar-refractivity contribution >= 4 is 49.1 Å². The van der Waals surface area contributed by atoms with Gasteiger partial charge in [-0.3, -0.25) is 10.1 Å². The molecule has 0 aliphatic rings. The summed E-state index contributed by atoms with van der Waals surface area (Å²) in [5.74, 6) is -0.458. The number of halogens is 3. The normalized spacial score (nSPS) is 10.6. The second-order valence-electron chi connectivity index (χ2n) is 4.26. The molecule has 0 amide bonds. The molecule has 0 fully saturated rings. The Bertz CT molecular complexity index is 737. The summed E-state index contributed by atoms with van der Waals surface area (Å²) in [5, 5.41) is 31.0. The number of aromatic hydroxyl groups is 2. The van der Waals surface area contributed by atoms with E-state index >= 15 is 0 Å². The van der Waals surface area contributed by atoms with Gasteiger partial charge in [-0.1, -0.05) is 27.5 Å². The highest BCUT2D eigenvalue weighted by molar-refractivity contribution is 9.11. The van der Waals surface area contributed by atoms with E-state index in [2.05, 4.69) is 31.9 Å². The van der Waals surface area contributed by atoms with E-state index < -0.39 is 16.4 Å². The van der Waals surface area contributed by atoms with Gasteiger partial charge >= 0.3 is 5.69 Å². The molecule has 0 unspecified atom stereocenters. The predicted molar refractivity (Wildman–Crippen MR) is 86.1 cm³/mol. The second kappa shape index (κ2) is 6.21. The summed E-state index contributed by atoms with van der Waals surface area (Å²) in [4.78, 5) is 10.2. The molecule has 5 nitrogen and oxygen atoms in total. The third-order valence-electron chi connectivity index (χ3n) is 2.82. The zero-order chi connectivity index (χ0) is 15.7. The number of rotatable bonds is 3. The van der Waals surface area contributed by atoms with Crippen LogP contribution in [0, 0.1) is 10.1 Å². The lowest BCUT2D eigenvalue weighted by molar-refractivity contribution is -0.385. The van der Waals surface area contributed by atoms with Crippen LogP contribution in [-0.4, -0.2) is 15.1 Å². The van der Waals surface area contributed by atoms with Gasteiger partial charge in [-0.15, -0.1) is 0 Å². The standard InChI is InChI=1S/C13H8Br2ClNO4/c14-8-2-6(12(18)10(15)4-8)1-7-3-9(16)5-11(13(7)19)17(20)21/h2-5,18-19H,1H2. The van der Waals surface area contributed by atoms with Gasteiger partial charge in [-0.05, 0) is 34.1 Å². The van der Waals surface area contributed by atoms with Crippen LogP contribution in [0.4, 0.5) is 5.69 Å². The lowest BCUT2D eigenvalue weighted by Gasteiger charge is -2.10. The first kappa shape index (κ1) is 16.1. The van der Waals surface area contributed by atoms with E-state index in [9.17, 15) is 20.3 Å². The molecule has 8 heteroatoms. The molecule has 2 aromatic carbocycles. The lowest BCUT2D eigenvalue weighted by Crippen LogP contribution is -1.95. The van der Waals surface area contributed by atoms with Gasteiger partial charge in [-0.2, -0.15) is 0 Å². The van der Waals surface area contributed by atoms with Crippen LogP contribution in [0.25, 0.3) is 0 Å². The fourth-order valence-corrected chi connectivity index (χ4v) is 3.42. The number of nitro benzene ring substituents is 1. The molecular weight excluding hydrogens is 429 g/mol. The number of benzene rings is 2. The zero-order valence-electron chi connectivity index (χ0n) is 10.3. The Kier molecular flexibility index (Phi) is 4.75. The molecule has 2 rings (SSSR count). The van der Waals surface area contributed by atoms with E-state index in [0.29, 0.717) is 10.0 Å². The molecule has 0 atom stereocenters. The molecule has 0 aliphatic heterocycles. The SMILES string of the molecule is O=[N+]([O-])c1cc(Cl)cc(Cc2cc(Br)cc(Br)c2O)c1O. The average Bonchev–Trinajstić information content (AvgIpc) is 2.38. The van der Waals surface area contributed by atoms with Gasteiger partial charge < -0.3 is 10.2 Å². The molecule has 110 valence electrons. The van der Waals surface area contributed by atoms with E-state index in [4.69, 9.17) is 11.6 Å². The fourth-order valence-electron chi connectivity index (χ4n) is 1.87. The van der Waals surface area contributed by atoms with Crippen LogP contribution in [0.15, 0.2) is 33.2 Å². The van der Waals surface area contributed by atoms with Crippen molar-refractivity contribution in [1.82, 2.24) is 0 Å². The summed E-state index contributed by atoms with van der Waals surface area (Å²) in [6.45, 7) is 0. The van der Waals surface area contributed by atoms with Gasteiger partial charge in [0.25, 0.3) is 0 Å². The van der Waals surface area contributed by atoms with Crippen LogP contribution in [-0.2, 0) is 6.42 Å². The van der Waals surface area contributed by atoms with Gasteiger partial charge in [0, 0.05) is 33.1 Å². The van der Waals surface area contributed by atoms with Gasteiger partial charge in [-0.25, -0.2) is 0 Å². The Hall–Kier alpha value is -1.31. The molecule has 0 spiro atoms. The van der Waals surface area contributed by atoms with Crippen molar-refractivity contribution in [2.24, 2.45) is 0 Å². The topological polar surface area (TPSA) is 83.6 Å². The van der Waals surface area contributed by atoms with Gasteiger partial charge in [0.2, 0.25) is 0 Å². The highest BCUT2D eigenvalue weighted by atomic mass is 79.9. The fraction of sp³-hybridized carbons (Fsp3) is 0.0769. The molecule has 21 heavy (non-hydrogen) atoms. The second-order valence-corrected chi connectivity index (χ2v) is 6.47. The minimum Gasteiger partial charge on any atom is -0.506 e. The van der Waals surface area contributed by atoms with Crippen molar-refractivity contribution in [3.8, 4) is 11.5 Å². The lowest BCUT2D eigenvalue weighted by atomic mass is 10.0. The number of phenols is 2. The molecule has 0 radical (unpaired) electrons. The molecule has 2 N–H and O–H groups in total. The van der Waals surface area contributed by atoms with Crippen LogP contribution in [0.5, 0.6) is 11.5 Å². The first-order valence-electron chi connectivity index (χ1n) is 5.62. The van der Waals surface area contributed by atoms with Crippen LogP contribution in [0.2, 0.25) is 5.02 Å². The Labute approximate surface area is 141 Å². The molecule has 0 heterocycles. The first-order valence-corrected chi connectivity index (χ1v) is 7.58. The molecule has 0 aliphatic carbocycles. The maximum atomic E-state index is 10.9. The van der Waals surface area contributed by atoms with E-state index in [1.54, 1.807) is 12.1 Å². The summed E-state index contributed by atoms with van der Waals surface area (Å²) in [6.07, 6.45) is 0.0944. The van der Waals surface area contributed by atoms with Crippen molar-refractivity contribution < 1.29 is 15.1 Å². The van der Waals surface area contributed by atoms with E-state index in [0.717, 1.165) is 10.5 Å². The van der Waals surface area contributed by atoms with Gasteiger partial charge in [0.05, 0.1) is 9.40 Å². The van der Waals surface area contributed by atoms with Crippen LogP contribution < -0.4 is 0 Å². The first-order chi connectivity index (χ1) is 9.79. The molecule has 0 saturated heterocycles. The third-order valence-corrected chi connectivity index (χ3v) is 4.10. The van der Waals surface area contributed by atoms with Crippen LogP contribution in [0.3, 0.4) is 0 Å². The summed E-state index contributed by atoms with van der Waals surface area (Å²) < 4.78 is 1.20. The summed E-state index contributed by atoms with van der Waals surface area (Å²) in [7, 11) is 0. The van der Waals surface area contributed by atoms with E-state index in [1.165, 1.54) is 6.07 Å². The van der Waals surface area contributed by atoms with Gasteiger partial charge in [0.1, 0.15) is 5.75 Å². The van der Waals surface area contributed by atoms with E-state index in [-0.39, 0.29) is 22.8 Å². The van der Waals surface area contributed by atoms with Gasteiger partial charge in [0.15, 0.2) is 5.75 Å². The maximum absolute atomic E-state index is 10.9. The largest absolute Gasteiger partial charge is 0.506 e. The minimum atomic E-state index is -0.707. The number of hydrogen-bond acceptors (Lipinski definition) is 4. The summed E-state index contributed by atoms with van der Waals surface area (Å²) >= 11 is 12.3. The predicted octanol–water partition coefficient (Wildman–Crippen LogP) is 4.78. The highest BCUT2D eigenvalue weighted by Gasteiger charge is 2.20. The van der Waals surface area contributed by atoms with Crippen molar-refractivity contribution in [2.45, 2.75) is 6.42 Å². The summed E-state index contributed by atoms with van der Waals surface area (Å²) in [6, 6.07) is 5.83. The zero-order valence-corrected chi connectivity index (χ0v) is 14.2. The Balaban J connectivity index is 2.52. The molecule has 0 saturated carbocycles. The maximum Gasteiger partial charge on any atom is 0.312 e. The Morgan fingerprint density at radius 2 is 1.71 bits per heavy atom. The number of hydrogen-bond donors (Lipinski definition) is 2. The quantitative estimate of drug-likeness (QED) is 0.535. The van der Waals surface area contributed by atoms with Crippen LogP contribution >= 0.6 is 43.5 Å². The number of nitro groups is 1. The van der Waals surface area contributed by atoms with Crippen molar-refractivity contribution in [3.63, 3.8) is 0 Å². The molecule has 0 bridgehead atoms. The minimum absolute atomic E-state index is 0.000212. The molecular formula is C13H8Br2ClNO4. The Morgan fingerprint density at radius 1 is 1.10 bits per heavy atom. The number of nitrogens with zero attached hydrogens (tertiary/aromatic N) is 1.